The van der Waals surface area contributed by atoms with Crippen molar-refractivity contribution in [2.45, 2.75) is 13.3 Å². The fourth-order valence-corrected chi connectivity index (χ4v) is 1.83. The highest BCUT2D eigenvalue weighted by molar-refractivity contribution is 6.32. The fourth-order valence-electron chi connectivity index (χ4n) is 1.57. The van der Waals surface area contributed by atoms with Crippen LogP contribution < -0.4 is 10.1 Å². The van der Waals surface area contributed by atoms with E-state index in [1.54, 1.807) is 19.2 Å². The van der Waals surface area contributed by atoms with Gasteiger partial charge in [-0.3, -0.25) is 0 Å². The molecule has 0 radical (unpaired) electrons. The Labute approximate surface area is 118 Å². The Hall–Kier alpha value is -1.68. The summed E-state index contributed by atoms with van der Waals surface area (Å²) in [5.41, 5.74) is 1.51. The van der Waals surface area contributed by atoms with Gasteiger partial charge in [0, 0.05) is 17.8 Å². The molecular formula is C14H18ClNO3. The molecule has 0 atom stereocenters. The Bertz CT molecular complexity index is 472. The Morgan fingerprint density at radius 1 is 1.42 bits per heavy atom. The van der Waals surface area contributed by atoms with Crippen molar-refractivity contribution in [2.75, 3.05) is 26.1 Å². The van der Waals surface area contributed by atoms with Crippen molar-refractivity contribution < 1.29 is 14.3 Å². The summed E-state index contributed by atoms with van der Waals surface area (Å²) in [7, 11) is 2.95. The largest absolute Gasteiger partial charge is 0.495 e. The number of carbonyl (C=O) groups is 1. The van der Waals surface area contributed by atoms with E-state index < -0.39 is 0 Å². The summed E-state index contributed by atoms with van der Waals surface area (Å²) in [5.74, 6) is 0.337. The van der Waals surface area contributed by atoms with E-state index in [1.807, 2.05) is 19.1 Å². The molecule has 0 saturated heterocycles. The molecule has 0 unspecified atom stereocenters. The van der Waals surface area contributed by atoms with Crippen LogP contribution in [0.1, 0.15) is 13.3 Å². The maximum absolute atomic E-state index is 11.4. The minimum absolute atomic E-state index is 0.294. The van der Waals surface area contributed by atoms with Crippen LogP contribution in [0.5, 0.6) is 5.75 Å². The summed E-state index contributed by atoms with van der Waals surface area (Å²) < 4.78 is 9.76. The predicted octanol–water partition coefficient (Wildman–Crippen LogP) is 3.27. The molecule has 5 heteroatoms. The zero-order valence-electron chi connectivity index (χ0n) is 11.3. The molecule has 0 aliphatic rings. The quantitative estimate of drug-likeness (QED) is 0.643. The van der Waals surface area contributed by atoms with Gasteiger partial charge in [0.05, 0.1) is 19.2 Å². The van der Waals surface area contributed by atoms with Crippen LogP contribution in [0.4, 0.5) is 5.69 Å². The molecule has 0 heterocycles. The van der Waals surface area contributed by atoms with Crippen molar-refractivity contribution in [1.29, 1.82) is 0 Å². The molecule has 0 aromatic heterocycles. The Morgan fingerprint density at radius 2 is 2.16 bits per heavy atom. The average Bonchev–Trinajstić information content (AvgIpc) is 2.43. The van der Waals surface area contributed by atoms with Gasteiger partial charge in [-0.25, -0.2) is 4.79 Å². The van der Waals surface area contributed by atoms with Crippen molar-refractivity contribution in [3.05, 3.63) is 34.9 Å². The van der Waals surface area contributed by atoms with E-state index in [9.17, 15) is 4.79 Å². The number of carbonyl (C=O) groups excluding carboxylic acids is 1. The standard InChI is InChI=1S/C14H18ClNO3/c1-4-10(14(17)19-3)7-8-16-11-5-6-13(18-2)12(15)9-11/h5-7,9,16H,4,8H2,1-3H3/b10-7-. The number of hydrogen-bond acceptors (Lipinski definition) is 4. The molecule has 1 aromatic rings. The van der Waals surface area contributed by atoms with E-state index in [0.29, 0.717) is 29.3 Å². The summed E-state index contributed by atoms with van der Waals surface area (Å²) in [6, 6.07) is 5.43. The van der Waals surface area contributed by atoms with Gasteiger partial charge in [0.2, 0.25) is 0 Å². The zero-order valence-corrected chi connectivity index (χ0v) is 12.1. The molecule has 4 nitrogen and oxygen atoms in total. The second-order valence-electron chi connectivity index (χ2n) is 3.80. The van der Waals surface area contributed by atoms with Crippen molar-refractivity contribution in [2.24, 2.45) is 0 Å². The highest BCUT2D eigenvalue weighted by Gasteiger charge is 2.06. The lowest BCUT2D eigenvalue weighted by molar-refractivity contribution is -0.136. The first-order chi connectivity index (χ1) is 9.12. The number of ether oxygens (including phenoxy) is 2. The number of methoxy groups -OCH3 is 2. The molecule has 1 N–H and O–H groups in total. The second kappa shape index (κ2) is 7.69. The smallest absolute Gasteiger partial charge is 0.333 e. The van der Waals surface area contributed by atoms with Crippen LogP contribution in [0.25, 0.3) is 0 Å². The van der Waals surface area contributed by atoms with Gasteiger partial charge in [0.1, 0.15) is 5.75 Å². The zero-order chi connectivity index (χ0) is 14.3. The van der Waals surface area contributed by atoms with Gasteiger partial charge in [-0.15, -0.1) is 0 Å². The highest BCUT2D eigenvalue weighted by Crippen LogP contribution is 2.27. The number of esters is 1. The maximum atomic E-state index is 11.4. The molecule has 0 spiro atoms. The van der Waals surface area contributed by atoms with Gasteiger partial charge in [0.25, 0.3) is 0 Å². The molecule has 0 aliphatic heterocycles. The fraction of sp³-hybridized carbons (Fsp3) is 0.357. The summed E-state index contributed by atoms with van der Waals surface area (Å²) >= 11 is 6.02. The summed E-state index contributed by atoms with van der Waals surface area (Å²) in [4.78, 5) is 11.4. The first-order valence-electron chi connectivity index (χ1n) is 5.97. The third-order valence-corrected chi connectivity index (χ3v) is 2.93. The molecule has 0 amide bonds. The van der Waals surface area contributed by atoms with Crippen LogP contribution in [-0.4, -0.2) is 26.7 Å². The lowest BCUT2D eigenvalue weighted by atomic mass is 10.2. The number of anilines is 1. The van der Waals surface area contributed by atoms with Crippen molar-refractivity contribution in [1.82, 2.24) is 0 Å². The molecule has 0 aliphatic carbocycles. The topological polar surface area (TPSA) is 47.6 Å². The Morgan fingerprint density at radius 3 is 2.68 bits per heavy atom. The van der Waals surface area contributed by atoms with Gasteiger partial charge in [0.15, 0.2) is 0 Å². The van der Waals surface area contributed by atoms with E-state index in [-0.39, 0.29) is 5.97 Å². The minimum Gasteiger partial charge on any atom is -0.495 e. The van der Waals surface area contributed by atoms with Gasteiger partial charge in [-0.1, -0.05) is 24.6 Å². The SMILES string of the molecule is CC/C(=C/CNc1ccc(OC)c(Cl)c1)C(=O)OC. The first-order valence-corrected chi connectivity index (χ1v) is 6.34. The normalized spacial score (nSPS) is 11.1. The van der Waals surface area contributed by atoms with Gasteiger partial charge < -0.3 is 14.8 Å². The van der Waals surface area contributed by atoms with Crippen LogP contribution in [0.15, 0.2) is 29.8 Å². The third-order valence-electron chi connectivity index (χ3n) is 2.63. The highest BCUT2D eigenvalue weighted by atomic mass is 35.5. The van der Waals surface area contributed by atoms with Crippen LogP contribution in [0.3, 0.4) is 0 Å². The summed E-state index contributed by atoms with van der Waals surface area (Å²) in [6.45, 7) is 2.44. The van der Waals surface area contributed by atoms with Crippen molar-refractivity contribution in [3.8, 4) is 5.75 Å². The van der Waals surface area contributed by atoms with Gasteiger partial charge >= 0.3 is 5.97 Å². The van der Waals surface area contributed by atoms with Crippen LogP contribution >= 0.6 is 11.6 Å². The minimum atomic E-state index is -0.294. The maximum Gasteiger partial charge on any atom is 0.333 e. The number of hydrogen-bond donors (Lipinski definition) is 1. The van der Waals surface area contributed by atoms with Gasteiger partial charge in [-0.05, 0) is 24.6 Å². The monoisotopic (exact) mass is 283 g/mol. The predicted molar refractivity (Wildman–Crippen MR) is 76.9 cm³/mol. The lowest BCUT2D eigenvalue weighted by Gasteiger charge is -2.08. The second-order valence-corrected chi connectivity index (χ2v) is 4.21. The molecule has 0 saturated carbocycles. The summed E-state index contributed by atoms with van der Waals surface area (Å²) in [5, 5.41) is 3.70. The lowest BCUT2D eigenvalue weighted by Crippen LogP contribution is -2.07. The van der Waals surface area contributed by atoms with Crippen molar-refractivity contribution in [3.63, 3.8) is 0 Å². The number of rotatable bonds is 6. The first kappa shape index (κ1) is 15.4. The van der Waals surface area contributed by atoms with Crippen molar-refractivity contribution >= 4 is 23.3 Å². The molecular weight excluding hydrogens is 266 g/mol. The Balaban J connectivity index is 2.64. The van der Waals surface area contributed by atoms with E-state index in [0.717, 1.165) is 5.69 Å². The molecule has 1 aromatic carbocycles. The van der Waals surface area contributed by atoms with E-state index in [4.69, 9.17) is 16.3 Å². The molecule has 0 fully saturated rings. The van der Waals surface area contributed by atoms with Crippen LogP contribution in [0.2, 0.25) is 5.02 Å². The average molecular weight is 284 g/mol. The Kier molecular flexibility index (Phi) is 6.22. The number of nitrogens with one attached hydrogen (secondary N) is 1. The molecule has 1 rings (SSSR count). The third kappa shape index (κ3) is 4.48. The van der Waals surface area contributed by atoms with E-state index >= 15 is 0 Å². The summed E-state index contributed by atoms with van der Waals surface area (Å²) in [6.07, 6.45) is 2.45. The number of halogens is 1. The van der Waals surface area contributed by atoms with Crippen LogP contribution in [0, 0.1) is 0 Å². The molecule has 104 valence electrons. The van der Waals surface area contributed by atoms with E-state index in [1.165, 1.54) is 7.11 Å². The van der Waals surface area contributed by atoms with Crippen LogP contribution in [-0.2, 0) is 9.53 Å². The molecule has 0 bridgehead atoms. The molecule has 19 heavy (non-hydrogen) atoms. The van der Waals surface area contributed by atoms with E-state index in [2.05, 4.69) is 10.1 Å². The van der Waals surface area contributed by atoms with Gasteiger partial charge in [-0.2, -0.15) is 0 Å². The number of benzene rings is 1.